The normalized spacial score (nSPS) is 14.9. The molecular weight excluding hydrogens is 338 g/mol. The van der Waals surface area contributed by atoms with E-state index in [1.165, 1.54) is 5.56 Å². The van der Waals surface area contributed by atoms with E-state index in [-0.39, 0.29) is 11.7 Å². The highest BCUT2D eigenvalue weighted by Gasteiger charge is 2.19. The molecule has 1 saturated heterocycles. The van der Waals surface area contributed by atoms with Crippen molar-refractivity contribution in [3.8, 4) is 0 Å². The molecule has 0 spiro atoms. The van der Waals surface area contributed by atoms with E-state index in [0.29, 0.717) is 6.54 Å². The highest BCUT2D eigenvalue weighted by Crippen LogP contribution is 2.18. The van der Waals surface area contributed by atoms with E-state index < -0.39 is 0 Å². The molecule has 3 rings (SSSR count). The van der Waals surface area contributed by atoms with Crippen molar-refractivity contribution in [1.29, 1.82) is 0 Å². The van der Waals surface area contributed by atoms with Gasteiger partial charge in [0.15, 0.2) is 5.78 Å². The van der Waals surface area contributed by atoms with Gasteiger partial charge in [0.1, 0.15) is 0 Å². The van der Waals surface area contributed by atoms with Gasteiger partial charge in [-0.05, 0) is 56.7 Å². The van der Waals surface area contributed by atoms with Crippen LogP contribution in [0.5, 0.6) is 0 Å². The summed E-state index contributed by atoms with van der Waals surface area (Å²) in [7, 11) is 0. The molecule has 1 aliphatic rings. The number of anilines is 2. The average Bonchev–Trinajstić information content (AvgIpc) is 2.65. The number of carbonyl (C=O) groups is 2. The lowest BCUT2D eigenvalue weighted by molar-refractivity contribution is -0.117. The van der Waals surface area contributed by atoms with Crippen LogP contribution in [0.1, 0.15) is 28.4 Å². The van der Waals surface area contributed by atoms with E-state index in [1.807, 2.05) is 50.2 Å². The van der Waals surface area contributed by atoms with Crippen molar-refractivity contribution in [3.63, 3.8) is 0 Å². The van der Waals surface area contributed by atoms with Crippen LogP contribution in [0.25, 0.3) is 0 Å². The molecule has 142 valence electrons. The second-order valence-electron chi connectivity index (χ2n) is 7.23. The van der Waals surface area contributed by atoms with Crippen LogP contribution in [-0.2, 0) is 4.79 Å². The zero-order chi connectivity index (χ0) is 19.4. The number of amides is 1. The zero-order valence-electron chi connectivity index (χ0n) is 16.3. The number of carbonyl (C=O) groups excluding carboxylic acids is 2. The molecule has 1 amide bonds. The third kappa shape index (κ3) is 4.95. The molecule has 1 fully saturated rings. The Morgan fingerprint density at radius 2 is 1.63 bits per heavy atom. The van der Waals surface area contributed by atoms with Gasteiger partial charge in [-0.2, -0.15) is 0 Å². The van der Waals surface area contributed by atoms with Crippen LogP contribution >= 0.6 is 0 Å². The minimum absolute atomic E-state index is 0.0289. The molecule has 0 saturated carbocycles. The van der Waals surface area contributed by atoms with Crippen LogP contribution in [0.3, 0.4) is 0 Å². The first kappa shape index (κ1) is 19.1. The summed E-state index contributed by atoms with van der Waals surface area (Å²) < 4.78 is 0. The molecule has 0 radical (unpaired) electrons. The third-order valence-electron chi connectivity index (χ3n) is 5.03. The maximum Gasteiger partial charge on any atom is 0.238 e. The fourth-order valence-electron chi connectivity index (χ4n) is 3.42. The van der Waals surface area contributed by atoms with Gasteiger partial charge >= 0.3 is 0 Å². The van der Waals surface area contributed by atoms with Gasteiger partial charge in [0.2, 0.25) is 5.91 Å². The van der Waals surface area contributed by atoms with Crippen molar-refractivity contribution < 1.29 is 9.59 Å². The van der Waals surface area contributed by atoms with Crippen molar-refractivity contribution >= 4 is 23.1 Å². The molecule has 0 atom stereocenters. The second kappa shape index (κ2) is 8.35. The predicted molar refractivity (Wildman–Crippen MR) is 110 cm³/mol. The van der Waals surface area contributed by atoms with Crippen molar-refractivity contribution in [2.75, 3.05) is 42.9 Å². The SMILES string of the molecule is CC(=O)c1ccc(N2CCN(CC(=O)Nc3ccc(C)cc3C)CC2)cc1. The average molecular weight is 365 g/mol. The molecule has 0 aromatic heterocycles. The van der Waals surface area contributed by atoms with E-state index in [2.05, 4.69) is 21.2 Å². The minimum Gasteiger partial charge on any atom is -0.369 e. The van der Waals surface area contributed by atoms with Crippen LogP contribution in [-0.4, -0.2) is 49.3 Å². The third-order valence-corrected chi connectivity index (χ3v) is 5.03. The number of benzene rings is 2. The first-order chi connectivity index (χ1) is 12.9. The molecule has 5 heteroatoms. The summed E-state index contributed by atoms with van der Waals surface area (Å²) in [4.78, 5) is 28.2. The van der Waals surface area contributed by atoms with Gasteiger partial charge in [0, 0.05) is 43.1 Å². The molecule has 2 aromatic rings. The lowest BCUT2D eigenvalue weighted by atomic mass is 10.1. The van der Waals surface area contributed by atoms with Crippen LogP contribution in [0.4, 0.5) is 11.4 Å². The van der Waals surface area contributed by atoms with E-state index >= 15 is 0 Å². The summed E-state index contributed by atoms with van der Waals surface area (Å²) >= 11 is 0. The summed E-state index contributed by atoms with van der Waals surface area (Å²) in [6.07, 6.45) is 0. The zero-order valence-corrected chi connectivity index (χ0v) is 16.3. The molecular formula is C22H27N3O2. The van der Waals surface area contributed by atoms with Crippen LogP contribution < -0.4 is 10.2 Å². The first-order valence-electron chi connectivity index (χ1n) is 9.38. The fourth-order valence-corrected chi connectivity index (χ4v) is 3.42. The van der Waals surface area contributed by atoms with Crippen molar-refractivity contribution in [1.82, 2.24) is 4.90 Å². The van der Waals surface area contributed by atoms with Gasteiger partial charge in [-0.1, -0.05) is 17.7 Å². The maximum atomic E-state index is 12.4. The Labute approximate surface area is 161 Å². The quantitative estimate of drug-likeness (QED) is 0.827. The Balaban J connectivity index is 1.50. The Hall–Kier alpha value is -2.66. The van der Waals surface area contributed by atoms with Gasteiger partial charge in [0.25, 0.3) is 0 Å². The molecule has 0 unspecified atom stereocenters. The van der Waals surface area contributed by atoms with Crippen molar-refractivity contribution in [3.05, 3.63) is 59.2 Å². The fraction of sp³-hybridized carbons (Fsp3) is 0.364. The molecule has 27 heavy (non-hydrogen) atoms. The summed E-state index contributed by atoms with van der Waals surface area (Å²) in [5.41, 5.74) is 5.02. The minimum atomic E-state index is 0.0289. The van der Waals surface area contributed by atoms with Crippen molar-refractivity contribution in [2.24, 2.45) is 0 Å². The second-order valence-corrected chi connectivity index (χ2v) is 7.23. The molecule has 2 aromatic carbocycles. The Bertz CT molecular complexity index is 822. The number of nitrogens with zero attached hydrogens (tertiary/aromatic N) is 2. The Morgan fingerprint density at radius 1 is 0.963 bits per heavy atom. The number of nitrogens with one attached hydrogen (secondary N) is 1. The summed E-state index contributed by atoms with van der Waals surface area (Å²) in [5.74, 6) is 0.113. The monoisotopic (exact) mass is 365 g/mol. The molecule has 5 nitrogen and oxygen atoms in total. The van der Waals surface area contributed by atoms with Gasteiger partial charge in [-0.25, -0.2) is 0 Å². The molecule has 1 N–H and O–H groups in total. The first-order valence-corrected chi connectivity index (χ1v) is 9.38. The van der Waals surface area contributed by atoms with Gasteiger partial charge in [-0.15, -0.1) is 0 Å². The Kier molecular flexibility index (Phi) is 5.91. The van der Waals surface area contributed by atoms with Crippen LogP contribution in [0.15, 0.2) is 42.5 Å². The highest BCUT2D eigenvalue weighted by atomic mass is 16.2. The van der Waals surface area contributed by atoms with E-state index in [0.717, 1.165) is 48.7 Å². The van der Waals surface area contributed by atoms with Gasteiger partial charge < -0.3 is 10.2 Å². The lowest BCUT2D eigenvalue weighted by Crippen LogP contribution is -2.48. The number of ketones is 1. The van der Waals surface area contributed by atoms with E-state index in [1.54, 1.807) is 6.92 Å². The number of hydrogen-bond donors (Lipinski definition) is 1. The summed E-state index contributed by atoms with van der Waals surface area (Å²) in [5, 5.41) is 3.02. The summed E-state index contributed by atoms with van der Waals surface area (Å²) in [6, 6.07) is 13.8. The molecule has 1 heterocycles. The van der Waals surface area contributed by atoms with Crippen LogP contribution in [0, 0.1) is 13.8 Å². The summed E-state index contributed by atoms with van der Waals surface area (Å²) in [6.45, 7) is 9.47. The number of hydrogen-bond acceptors (Lipinski definition) is 4. The number of rotatable bonds is 5. The van der Waals surface area contributed by atoms with E-state index in [9.17, 15) is 9.59 Å². The number of piperazine rings is 1. The van der Waals surface area contributed by atoms with Gasteiger partial charge in [0.05, 0.1) is 6.54 Å². The largest absolute Gasteiger partial charge is 0.369 e. The lowest BCUT2D eigenvalue weighted by Gasteiger charge is -2.35. The highest BCUT2D eigenvalue weighted by molar-refractivity contribution is 5.94. The number of Topliss-reactive ketones (excluding diaryl/α,β-unsaturated/α-hetero) is 1. The standard InChI is InChI=1S/C22H27N3O2/c1-16-4-9-21(17(2)14-16)23-22(27)15-24-10-12-25(13-11-24)20-7-5-19(6-8-20)18(3)26/h4-9,14H,10-13,15H2,1-3H3,(H,23,27). The predicted octanol–water partition coefficient (Wildman–Crippen LogP) is 3.27. The topological polar surface area (TPSA) is 52.7 Å². The smallest absolute Gasteiger partial charge is 0.238 e. The Morgan fingerprint density at radius 3 is 2.22 bits per heavy atom. The molecule has 0 aliphatic carbocycles. The van der Waals surface area contributed by atoms with Crippen molar-refractivity contribution in [2.45, 2.75) is 20.8 Å². The van der Waals surface area contributed by atoms with E-state index in [4.69, 9.17) is 0 Å². The maximum absolute atomic E-state index is 12.4. The molecule has 1 aliphatic heterocycles. The number of aryl methyl sites for hydroxylation is 2. The molecule has 0 bridgehead atoms. The van der Waals surface area contributed by atoms with Crippen LogP contribution in [0.2, 0.25) is 0 Å². The van der Waals surface area contributed by atoms with Gasteiger partial charge in [-0.3, -0.25) is 14.5 Å².